The zero-order valence-electron chi connectivity index (χ0n) is 13.6. The van der Waals surface area contributed by atoms with E-state index in [4.69, 9.17) is 14.2 Å². The van der Waals surface area contributed by atoms with Crippen LogP contribution in [-0.4, -0.2) is 32.3 Å². The van der Waals surface area contributed by atoms with E-state index in [9.17, 15) is 4.79 Å². The van der Waals surface area contributed by atoms with Gasteiger partial charge in [0.25, 0.3) is 0 Å². The molecule has 0 saturated heterocycles. The van der Waals surface area contributed by atoms with Gasteiger partial charge in [0.15, 0.2) is 0 Å². The first-order valence-electron chi connectivity index (χ1n) is 7.25. The Bertz CT molecular complexity index is 573. The Labute approximate surface area is 136 Å². The van der Waals surface area contributed by atoms with Crippen LogP contribution in [0.25, 0.3) is 0 Å². The Balaban J connectivity index is 2.10. The van der Waals surface area contributed by atoms with Gasteiger partial charge in [-0.05, 0) is 35.4 Å². The van der Waals surface area contributed by atoms with Crippen molar-refractivity contribution in [2.24, 2.45) is 0 Å². The molecule has 0 spiro atoms. The SMILES string of the molecule is COC(=O)N(Cc1ccc(OC)cc1)Cc1ccc(OC)cc1. The van der Waals surface area contributed by atoms with Gasteiger partial charge in [-0.3, -0.25) is 4.90 Å². The number of hydrogen-bond donors (Lipinski definition) is 0. The van der Waals surface area contributed by atoms with Gasteiger partial charge in [-0.2, -0.15) is 0 Å². The molecule has 2 rings (SSSR count). The van der Waals surface area contributed by atoms with Crippen molar-refractivity contribution in [2.75, 3.05) is 21.3 Å². The van der Waals surface area contributed by atoms with E-state index >= 15 is 0 Å². The largest absolute Gasteiger partial charge is 0.497 e. The van der Waals surface area contributed by atoms with Crippen LogP contribution in [0.2, 0.25) is 0 Å². The number of hydrogen-bond acceptors (Lipinski definition) is 4. The number of carbonyl (C=O) groups is 1. The Morgan fingerprint density at radius 2 is 1.17 bits per heavy atom. The lowest BCUT2D eigenvalue weighted by atomic mass is 10.1. The lowest BCUT2D eigenvalue weighted by Crippen LogP contribution is -2.29. The molecule has 122 valence electrons. The minimum atomic E-state index is -0.364. The maximum Gasteiger partial charge on any atom is 0.410 e. The number of benzene rings is 2. The Morgan fingerprint density at radius 1 is 0.783 bits per heavy atom. The molecule has 0 saturated carbocycles. The number of ether oxygens (including phenoxy) is 3. The molecule has 0 bridgehead atoms. The predicted octanol–water partition coefficient (Wildman–Crippen LogP) is 3.47. The Kier molecular flexibility index (Phi) is 5.86. The zero-order valence-corrected chi connectivity index (χ0v) is 13.6. The Morgan fingerprint density at radius 3 is 1.48 bits per heavy atom. The molecule has 0 aliphatic carbocycles. The van der Waals surface area contributed by atoms with Crippen LogP contribution in [0.5, 0.6) is 11.5 Å². The van der Waals surface area contributed by atoms with E-state index in [-0.39, 0.29) is 6.09 Å². The van der Waals surface area contributed by atoms with Gasteiger partial charge >= 0.3 is 6.09 Å². The van der Waals surface area contributed by atoms with Crippen LogP contribution in [0.1, 0.15) is 11.1 Å². The molecule has 0 N–H and O–H groups in total. The molecule has 0 unspecified atom stereocenters. The molecule has 0 fully saturated rings. The number of carbonyl (C=O) groups excluding carboxylic acids is 1. The van der Waals surface area contributed by atoms with Gasteiger partial charge in [0.2, 0.25) is 0 Å². The first-order chi connectivity index (χ1) is 11.2. The molecule has 0 aromatic heterocycles. The molecule has 0 heterocycles. The second kappa shape index (κ2) is 8.08. The first-order valence-corrected chi connectivity index (χ1v) is 7.25. The summed E-state index contributed by atoms with van der Waals surface area (Å²) in [4.78, 5) is 13.7. The van der Waals surface area contributed by atoms with E-state index in [1.54, 1.807) is 19.1 Å². The molecule has 23 heavy (non-hydrogen) atoms. The molecular weight excluding hydrogens is 294 g/mol. The maximum absolute atomic E-state index is 12.0. The van der Waals surface area contributed by atoms with E-state index in [0.717, 1.165) is 22.6 Å². The van der Waals surface area contributed by atoms with Crippen LogP contribution >= 0.6 is 0 Å². The third-order valence-corrected chi connectivity index (χ3v) is 3.50. The summed E-state index contributed by atoms with van der Waals surface area (Å²) in [5, 5.41) is 0. The Hall–Kier alpha value is -2.69. The monoisotopic (exact) mass is 315 g/mol. The van der Waals surface area contributed by atoms with Crippen LogP contribution in [0.4, 0.5) is 4.79 Å². The quantitative estimate of drug-likeness (QED) is 0.819. The van der Waals surface area contributed by atoms with Gasteiger partial charge in [-0.1, -0.05) is 24.3 Å². The van der Waals surface area contributed by atoms with Gasteiger partial charge in [0, 0.05) is 13.1 Å². The standard InChI is InChI=1S/C18H21NO4/c1-21-16-8-4-14(5-9-16)12-19(18(20)23-3)13-15-6-10-17(22-2)11-7-15/h4-11H,12-13H2,1-3H3. The molecular formula is C18H21NO4. The summed E-state index contributed by atoms with van der Waals surface area (Å²) in [6.07, 6.45) is -0.364. The van der Waals surface area contributed by atoms with Crippen molar-refractivity contribution in [2.45, 2.75) is 13.1 Å². The fraction of sp³-hybridized carbons (Fsp3) is 0.278. The van der Waals surface area contributed by atoms with Gasteiger partial charge in [0.1, 0.15) is 11.5 Å². The lowest BCUT2D eigenvalue weighted by molar-refractivity contribution is 0.118. The summed E-state index contributed by atoms with van der Waals surface area (Å²) in [6.45, 7) is 0.922. The highest BCUT2D eigenvalue weighted by atomic mass is 16.5. The lowest BCUT2D eigenvalue weighted by Gasteiger charge is -2.21. The number of rotatable bonds is 6. The minimum Gasteiger partial charge on any atom is -0.497 e. The molecule has 1 amide bonds. The summed E-state index contributed by atoms with van der Waals surface area (Å²) < 4.78 is 15.2. The highest BCUT2D eigenvalue weighted by Gasteiger charge is 2.15. The van der Waals surface area contributed by atoms with Gasteiger partial charge < -0.3 is 14.2 Å². The first kappa shape index (κ1) is 16.7. The number of amides is 1. The van der Waals surface area contributed by atoms with E-state index in [1.807, 2.05) is 48.5 Å². The minimum absolute atomic E-state index is 0.364. The van der Waals surface area contributed by atoms with Crippen molar-refractivity contribution in [3.63, 3.8) is 0 Å². The third-order valence-electron chi connectivity index (χ3n) is 3.50. The van der Waals surface area contributed by atoms with Crippen molar-refractivity contribution in [3.8, 4) is 11.5 Å². The molecule has 2 aromatic carbocycles. The molecule has 0 atom stereocenters. The van der Waals surface area contributed by atoms with Gasteiger partial charge in [-0.25, -0.2) is 4.79 Å². The van der Waals surface area contributed by atoms with Crippen molar-refractivity contribution in [1.29, 1.82) is 0 Å². The number of methoxy groups -OCH3 is 3. The fourth-order valence-electron chi connectivity index (χ4n) is 2.22. The molecule has 0 aliphatic heterocycles. The fourth-order valence-corrected chi connectivity index (χ4v) is 2.22. The van der Waals surface area contributed by atoms with E-state index in [1.165, 1.54) is 7.11 Å². The summed E-state index contributed by atoms with van der Waals surface area (Å²) in [6, 6.07) is 15.2. The van der Waals surface area contributed by atoms with E-state index in [2.05, 4.69) is 0 Å². The van der Waals surface area contributed by atoms with Crippen LogP contribution in [0.15, 0.2) is 48.5 Å². The molecule has 5 nitrogen and oxygen atoms in total. The van der Waals surface area contributed by atoms with Crippen molar-refractivity contribution >= 4 is 6.09 Å². The summed E-state index contributed by atoms with van der Waals surface area (Å²) >= 11 is 0. The normalized spacial score (nSPS) is 10.0. The molecule has 2 aromatic rings. The van der Waals surface area contributed by atoms with E-state index < -0.39 is 0 Å². The van der Waals surface area contributed by atoms with E-state index in [0.29, 0.717) is 13.1 Å². The average Bonchev–Trinajstić information content (AvgIpc) is 2.61. The summed E-state index contributed by atoms with van der Waals surface area (Å²) in [5.41, 5.74) is 2.01. The number of nitrogens with zero attached hydrogens (tertiary/aromatic N) is 1. The third kappa shape index (κ3) is 4.64. The van der Waals surface area contributed by atoms with Crippen molar-refractivity contribution in [1.82, 2.24) is 4.90 Å². The second-order valence-corrected chi connectivity index (χ2v) is 5.02. The van der Waals surface area contributed by atoms with Crippen molar-refractivity contribution in [3.05, 3.63) is 59.7 Å². The topological polar surface area (TPSA) is 48.0 Å². The molecule has 5 heteroatoms. The van der Waals surface area contributed by atoms with Crippen molar-refractivity contribution < 1.29 is 19.0 Å². The van der Waals surface area contributed by atoms with Crippen LogP contribution in [-0.2, 0) is 17.8 Å². The predicted molar refractivity (Wildman–Crippen MR) is 87.6 cm³/mol. The van der Waals surface area contributed by atoms with Crippen LogP contribution in [0.3, 0.4) is 0 Å². The average molecular weight is 315 g/mol. The highest BCUT2D eigenvalue weighted by molar-refractivity contribution is 5.67. The van der Waals surface area contributed by atoms with Crippen LogP contribution in [0, 0.1) is 0 Å². The highest BCUT2D eigenvalue weighted by Crippen LogP contribution is 2.17. The molecule has 0 aliphatic rings. The second-order valence-electron chi connectivity index (χ2n) is 5.02. The summed E-state index contributed by atoms with van der Waals surface area (Å²) in [7, 11) is 4.64. The van der Waals surface area contributed by atoms with Gasteiger partial charge in [-0.15, -0.1) is 0 Å². The van der Waals surface area contributed by atoms with Gasteiger partial charge in [0.05, 0.1) is 21.3 Å². The van der Waals surface area contributed by atoms with Crippen LogP contribution < -0.4 is 9.47 Å². The maximum atomic E-state index is 12.0. The summed E-state index contributed by atoms with van der Waals surface area (Å²) in [5.74, 6) is 1.57. The smallest absolute Gasteiger partial charge is 0.410 e. The molecule has 0 radical (unpaired) electrons. The zero-order chi connectivity index (χ0) is 16.7.